The zero-order valence-corrected chi connectivity index (χ0v) is 18.8. The van der Waals surface area contributed by atoms with Crippen molar-refractivity contribution in [3.63, 3.8) is 0 Å². The van der Waals surface area contributed by atoms with E-state index in [0.29, 0.717) is 16.5 Å². The Morgan fingerprint density at radius 1 is 1.00 bits per heavy atom. The van der Waals surface area contributed by atoms with Gasteiger partial charge in [0.1, 0.15) is 6.04 Å². The second-order valence-corrected chi connectivity index (χ2v) is 8.61. The quantitative estimate of drug-likeness (QED) is 0.589. The molecule has 1 atom stereocenters. The number of nitrogens with zero attached hydrogens (tertiary/aromatic N) is 1. The number of carbonyl (C=O) groups is 2. The number of rotatable bonds is 8. The number of halogens is 2. The molecule has 0 bridgehead atoms. The van der Waals surface area contributed by atoms with Crippen LogP contribution in [0.2, 0.25) is 10.0 Å². The zero-order chi connectivity index (χ0) is 21.5. The average molecular weight is 447 g/mol. The molecule has 2 aromatic rings. The Labute approximate surface area is 188 Å². The Morgan fingerprint density at radius 2 is 1.57 bits per heavy atom. The highest BCUT2D eigenvalue weighted by Gasteiger charge is 2.31. The van der Waals surface area contributed by atoms with Crippen LogP contribution in [0.1, 0.15) is 50.2 Å². The lowest BCUT2D eigenvalue weighted by molar-refractivity contribution is -0.141. The third kappa shape index (κ3) is 5.77. The van der Waals surface area contributed by atoms with Crippen molar-refractivity contribution >= 4 is 35.0 Å². The number of carbonyl (C=O) groups excluding carboxylic acids is 2. The highest BCUT2D eigenvalue weighted by atomic mass is 35.5. The van der Waals surface area contributed by atoms with Gasteiger partial charge in [0.2, 0.25) is 11.8 Å². The number of benzene rings is 2. The van der Waals surface area contributed by atoms with E-state index in [9.17, 15) is 9.59 Å². The second-order valence-electron chi connectivity index (χ2n) is 7.80. The maximum atomic E-state index is 13.4. The van der Waals surface area contributed by atoms with Gasteiger partial charge in [-0.05, 0) is 42.5 Å². The normalized spacial score (nSPS) is 15.0. The first-order valence-electron chi connectivity index (χ1n) is 10.6. The van der Waals surface area contributed by atoms with E-state index in [2.05, 4.69) is 5.32 Å². The van der Waals surface area contributed by atoms with Crippen LogP contribution in [0.5, 0.6) is 0 Å². The van der Waals surface area contributed by atoms with Gasteiger partial charge in [-0.25, -0.2) is 0 Å². The molecule has 1 aliphatic rings. The van der Waals surface area contributed by atoms with E-state index in [4.69, 9.17) is 23.2 Å². The summed E-state index contributed by atoms with van der Waals surface area (Å²) in [6.45, 7) is 2.21. The molecule has 2 amide bonds. The molecule has 1 N–H and O–H groups in total. The van der Waals surface area contributed by atoms with E-state index in [1.807, 2.05) is 43.3 Å². The molecule has 1 saturated carbocycles. The van der Waals surface area contributed by atoms with E-state index in [1.54, 1.807) is 17.0 Å². The monoisotopic (exact) mass is 446 g/mol. The van der Waals surface area contributed by atoms with Gasteiger partial charge in [0.15, 0.2) is 0 Å². The zero-order valence-electron chi connectivity index (χ0n) is 17.2. The van der Waals surface area contributed by atoms with Crippen LogP contribution in [-0.2, 0) is 22.6 Å². The number of amides is 2. The molecule has 0 heterocycles. The summed E-state index contributed by atoms with van der Waals surface area (Å²) in [4.78, 5) is 28.1. The summed E-state index contributed by atoms with van der Waals surface area (Å²) in [5, 5.41) is 4.28. The van der Waals surface area contributed by atoms with Crippen LogP contribution in [0.4, 0.5) is 0 Å². The number of hydrogen-bond donors (Lipinski definition) is 1. The molecule has 1 fully saturated rings. The Bertz CT molecular complexity index is 881. The first-order valence-corrected chi connectivity index (χ1v) is 11.3. The van der Waals surface area contributed by atoms with Gasteiger partial charge >= 0.3 is 0 Å². The molecule has 0 saturated heterocycles. The third-order valence-electron chi connectivity index (χ3n) is 5.69. The molecule has 0 aliphatic heterocycles. The SMILES string of the molecule is CC[C@H](C(=O)NC1CCCC1)N(Cc1ccccc1Cl)C(=O)Cc1ccccc1Cl. The van der Waals surface area contributed by atoms with Crippen LogP contribution in [0.3, 0.4) is 0 Å². The summed E-state index contributed by atoms with van der Waals surface area (Å²) in [6, 6.07) is 14.4. The topological polar surface area (TPSA) is 49.4 Å². The summed E-state index contributed by atoms with van der Waals surface area (Å²) in [5.74, 6) is -0.236. The van der Waals surface area contributed by atoms with E-state index < -0.39 is 6.04 Å². The Hall–Kier alpha value is -2.04. The highest BCUT2D eigenvalue weighted by Crippen LogP contribution is 2.23. The van der Waals surface area contributed by atoms with Crippen LogP contribution in [0.15, 0.2) is 48.5 Å². The van der Waals surface area contributed by atoms with Crippen LogP contribution in [0, 0.1) is 0 Å². The first-order chi connectivity index (χ1) is 14.5. The van der Waals surface area contributed by atoms with Crippen molar-refractivity contribution in [1.82, 2.24) is 10.2 Å². The predicted molar refractivity (Wildman–Crippen MR) is 122 cm³/mol. The van der Waals surface area contributed by atoms with Crippen molar-refractivity contribution in [2.24, 2.45) is 0 Å². The Kier molecular flexibility index (Phi) is 8.17. The van der Waals surface area contributed by atoms with Gasteiger partial charge in [-0.1, -0.05) is 79.4 Å². The van der Waals surface area contributed by atoms with Gasteiger partial charge in [-0.3, -0.25) is 9.59 Å². The summed E-state index contributed by atoms with van der Waals surface area (Å²) < 4.78 is 0. The lowest BCUT2D eigenvalue weighted by atomic mass is 10.1. The molecule has 0 aromatic heterocycles. The summed E-state index contributed by atoms with van der Waals surface area (Å²) in [7, 11) is 0. The van der Waals surface area contributed by atoms with Gasteiger partial charge in [-0.15, -0.1) is 0 Å². The lowest BCUT2D eigenvalue weighted by Crippen LogP contribution is -2.51. The second kappa shape index (κ2) is 10.8. The predicted octanol–water partition coefficient (Wildman–Crippen LogP) is 5.40. The minimum absolute atomic E-state index is 0.0936. The molecule has 3 rings (SSSR count). The van der Waals surface area contributed by atoms with Gasteiger partial charge in [-0.2, -0.15) is 0 Å². The minimum atomic E-state index is -0.558. The fraction of sp³-hybridized carbons (Fsp3) is 0.417. The number of hydrogen-bond acceptors (Lipinski definition) is 2. The van der Waals surface area contributed by atoms with Crippen molar-refractivity contribution in [3.05, 3.63) is 69.7 Å². The van der Waals surface area contributed by atoms with Crippen LogP contribution in [0.25, 0.3) is 0 Å². The minimum Gasteiger partial charge on any atom is -0.352 e. The molecular weight excluding hydrogens is 419 g/mol. The van der Waals surface area contributed by atoms with Crippen LogP contribution < -0.4 is 5.32 Å². The molecule has 2 aromatic carbocycles. The smallest absolute Gasteiger partial charge is 0.243 e. The maximum Gasteiger partial charge on any atom is 0.243 e. The standard InChI is InChI=1S/C24H28Cl2N2O2/c1-2-22(24(30)27-19-11-5-6-12-19)28(16-18-10-4-8-14-21(18)26)23(29)15-17-9-3-7-13-20(17)25/h3-4,7-10,13-14,19,22H,2,5-6,11-12,15-16H2,1H3,(H,27,30)/t22-/m1/s1. The van der Waals surface area contributed by atoms with Gasteiger partial charge in [0, 0.05) is 22.6 Å². The van der Waals surface area contributed by atoms with Crippen LogP contribution in [-0.4, -0.2) is 28.8 Å². The third-order valence-corrected chi connectivity index (χ3v) is 6.42. The number of nitrogens with one attached hydrogen (secondary N) is 1. The van der Waals surface area contributed by atoms with E-state index >= 15 is 0 Å². The lowest BCUT2D eigenvalue weighted by Gasteiger charge is -2.32. The van der Waals surface area contributed by atoms with Crippen molar-refractivity contribution in [3.8, 4) is 0 Å². The Morgan fingerprint density at radius 3 is 2.13 bits per heavy atom. The van der Waals surface area contributed by atoms with Crippen molar-refractivity contribution < 1.29 is 9.59 Å². The molecular formula is C24H28Cl2N2O2. The highest BCUT2D eigenvalue weighted by molar-refractivity contribution is 6.31. The fourth-order valence-corrected chi connectivity index (χ4v) is 4.40. The maximum absolute atomic E-state index is 13.4. The molecule has 160 valence electrons. The molecule has 1 aliphatic carbocycles. The molecule has 0 spiro atoms. The van der Waals surface area contributed by atoms with E-state index in [1.165, 1.54) is 0 Å². The van der Waals surface area contributed by atoms with Crippen molar-refractivity contribution in [2.45, 2.75) is 64.1 Å². The van der Waals surface area contributed by atoms with Crippen LogP contribution >= 0.6 is 23.2 Å². The fourth-order valence-electron chi connectivity index (χ4n) is 4.00. The summed E-state index contributed by atoms with van der Waals surface area (Å²) in [6.07, 6.45) is 4.93. The van der Waals surface area contributed by atoms with Crippen molar-refractivity contribution in [1.29, 1.82) is 0 Å². The summed E-state index contributed by atoms with van der Waals surface area (Å²) in [5.41, 5.74) is 1.57. The van der Waals surface area contributed by atoms with Gasteiger partial charge in [0.25, 0.3) is 0 Å². The van der Waals surface area contributed by atoms with E-state index in [-0.39, 0.29) is 30.8 Å². The molecule has 0 unspecified atom stereocenters. The van der Waals surface area contributed by atoms with E-state index in [0.717, 1.165) is 36.8 Å². The summed E-state index contributed by atoms with van der Waals surface area (Å²) >= 11 is 12.6. The molecule has 6 heteroatoms. The first kappa shape index (κ1) is 22.6. The van der Waals surface area contributed by atoms with Crippen molar-refractivity contribution in [2.75, 3.05) is 0 Å². The average Bonchev–Trinajstić information content (AvgIpc) is 3.24. The molecule has 0 radical (unpaired) electrons. The largest absolute Gasteiger partial charge is 0.352 e. The molecule has 30 heavy (non-hydrogen) atoms. The van der Waals surface area contributed by atoms with Gasteiger partial charge in [0.05, 0.1) is 6.42 Å². The van der Waals surface area contributed by atoms with Gasteiger partial charge < -0.3 is 10.2 Å². The Balaban J connectivity index is 1.84. The molecule has 4 nitrogen and oxygen atoms in total.